The first-order chi connectivity index (χ1) is 10.5. The standard InChI is InChI=1S/C19H23NO2/c1-13-5-8-16(9-6-13)12-19(21)20-15(3)17-11-14(2)7-10-18(17)22-4/h5-11,15H,12H2,1-4H3,(H,20,21). The molecule has 3 nitrogen and oxygen atoms in total. The lowest BCUT2D eigenvalue weighted by Crippen LogP contribution is -2.28. The monoisotopic (exact) mass is 297 g/mol. The molecule has 0 fully saturated rings. The van der Waals surface area contributed by atoms with Crippen molar-refractivity contribution >= 4 is 5.91 Å². The fourth-order valence-corrected chi connectivity index (χ4v) is 2.45. The van der Waals surface area contributed by atoms with E-state index in [1.165, 1.54) is 5.56 Å². The number of carbonyl (C=O) groups is 1. The highest BCUT2D eigenvalue weighted by atomic mass is 16.5. The van der Waals surface area contributed by atoms with E-state index in [2.05, 4.69) is 11.4 Å². The summed E-state index contributed by atoms with van der Waals surface area (Å²) in [5.41, 5.74) is 4.36. The van der Waals surface area contributed by atoms with Crippen LogP contribution in [-0.2, 0) is 11.2 Å². The zero-order valence-corrected chi connectivity index (χ0v) is 13.6. The minimum Gasteiger partial charge on any atom is -0.496 e. The van der Waals surface area contributed by atoms with Gasteiger partial charge in [-0.2, -0.15) is 0 Å². The van der Waals surface area contributed by atoms with Crippen molar-refractivity contribution < 1.29 is 9.53 Å². The van der Waals surface area contributed by atoms with E-state index in [-0.39, 0.29) is 11.9 Å². The van der Waals surface area contributed by atoms with Crippen LogP contribution in [-0.4, -0.2) is 13.0 Å². The third-order valence-corrected chi connectivity index (χ3v) is 3.71. The zero-order valence-electron chi connectivity index (χ0n) is 13.6. The Labute approximate surface area is 132 Å². The SMILES string of the molecule is COc1ccc(C)cc1C(C)NC(=O)Cc1ccc(C)cc1. The summed E-state index contributed by atoms with van der Waals surface area (Å²) in [7, 11) is 1.65. The molecule has 0 saturated carbocycles. The van der Waals surface area contributed by atoms with Crippen LogP contribution in [0.2, 0.25) is 0 Å². The lowest BCUT2D eigenvalue weighted by atomic mass is 10.0. The van der Waals surface area contributed by atoms with Gasteiger partial charge in [-0.3, -0.25) is 4.79 Å². The molecule has 0 aliphatic carbocycles. The molecule has 1 N–H and O–H groups in total. The van der Waals surface area contributed by atoms with Gasteiger partial charge >= 0.3 is 0 Å². The van der Waals surface area contributed by atoms with Crippen LogP contribution in [0.3, 0.4) is 0 Å². The maximum atomic E-state index is 12.2. The van der Waals surface area contributed by atoms with Crippen molar-refractivity contribution in [1.29, 1.82) is 0 Å². The highest BCUT2D eigenvalue weighted by Gasteiger charge is 2.14. The zero-order chi connectivity index (χ0) is 16.1. The summed E-state index contributed by atoms with van der Waals surface area (Å²) in [5, 5.41) is 3.04. The maximum Gasteiger partial charge on any atom is 0.224 e. The maximum absolute atomic E-state index is 12.2. The fourth-order valence-electron chi connectivity index (χ4n) is 2.45. The topological polar surface area (TPSA) is 38.3 Å². The molecule has 0 radical (unpaired) electrons. The first kappa shape index (κ1) is 16.1. The van der Waals surface area contributed by atoms with E-state index in [1.807, 2.05) is 57.2 Å². The lowest BCUT2D eigenvalue weighted by molar-refractivity contribution is -0.121. The van der Waals surface area contributed by atoms with Gasteiger partial charge in [0.05, 0.1) is 19.6 Å². The Morgan fingerprint density at radius 2 is 1.73 bits per heavy atom. The molecule has 0 heterocycles. The van der Waals surface area contributed by atoms with Crippen molar-refractivity contribution in [3.63, 3.8) is 0 Å². The molecule has 0 aromatic heterocycles. The van der Waals surface area contributed by atoms with Crippen molar-refractivity contribution in [2.24, 2.45) is 0 Å². The van der Waals surface area contributed by atoms with Gasteiger partial charge in [0.2, 0.25) is 5.91 Å². The van der Waals surface area contributed by atoms with Crippen molar-refractivity contribution in [1.82, 2.24) is 5.32 Å². The van der Waals surface area contributed by atoms with E-state index in [4.69, 9.17) is 4.74 Å². The average molecular weight is 297 g/mol. The van der Waals surface area contributed by atoms with Crippen LogP contribution in [0.15, 0.2) is 42.5 Å². The second-order valence-electron chi connectivity index (χ2n) is 5.70. The highest BCUT2D eigenvalue weighted by Crippen LogP contribution is 2.26. The Bertz CT molecular complexity index is 647. The summed E-state index contributed by atoms with van der Waals surface area (Å²) in [5.74, 6) is 0.814. The molecule has 2 rings (SSSR count). The third-order valence-electron chi connectivity index (χ3n) is 3.71. The molecule has 116 valence electrons. The number of aryl methyl sites for hydroxylation is 2. The molecule has 0 aliphatic rings. The van der Waals surface area contributed by atoms with E-state index >= 15 is 0 Å². The number of hydrogen-bond acceptors (Lipinski definition) is 2. The third kappa shape index (κ3) is 4.10. The van der Waals surface area contributed by atoms with Gasteiger partial charge in [0.1, 0.15) is 5.75 Å². The van der Waals surface area contributed by atoms with Crippen molar-refractivity contribution in [3.8, 4) is 5.75 Å². The second-order valence-corrected chi connectivity index (χ2v) is 5.70. The molecule has 1 amide bonds. The van der Waals surface area contributed by atoms with E-state index in [1.54, 1.807) is 7.11 Å². The van der Waals surface area contributed by atoms with Crippen LogP contribution >= 0.6 is 0 Å². The number of methoxy groups -OCH3 is 1. The van der Waals surface area contributed by atoms with E-state index in [0.29, 0.717) is 6.42 Å². The first-order valence-corrected chi connectivity index (χ1v) is 7.49. The van der Waals surface area contributed by atoms with E-state index in [9.17, 15) is 4.79 Å². The summed E-state index contributed by atoms with van der Waals surface area (Å²) in [6.45, 7) is 6.05. The number of ether oxygens (including phenoxy) is 1. The highest BCUT2D eigenvalue weighted by molar-refractivity contribution is 5.79. The molecule has 0 bridgehead atoms. The molecule has 0 spiro atoms. The van der Waals surface area contributed by atoms with Crippen LogP contribution in [0.25, 0.3) is 0 Å². The molecular formula is C19H23NO2. The van der Waals surface area contributed by atoms with Gasteiger partial charge in [0, 0.05) is 5.56 Å². The van der Waals surface area contributed by atoms with Crippen LogP contribution in [0.5, 0.6) is 5.75 Å². The van der Waals surface area contributed by atoms with Gasteiger partial charge in [0.15, 0.2) is 0 Å². The predicted octanol–water partition coefficient (Wildman–Crippen LogP) is 3.73. The Kier molecular flexibility index (Phi) is 5.21. The lowest BCUT2D eigenvalue weighted by Gasteiger charge is -2.18. The first-order valence-electron chi connectivity index (χ1n) is 7.49. The number of nitrogens with one attached hydrogen (secondary N) is 1. The Morgan fingerprint density at radius 3 is 2.36 bits per heavy atom. The number of hydrogen-bond donors (Lipinski definition) is 1. The molecule has 22 heavy (non-hydrogen) atoms. The van der Waals surface area contributed by atoms with Gasteiger partial charge in [-0.15, -0.1) is 0 Å². The summed E-state index contributed by atoms with van der Waals surface area (Å²) in [4.78, 5) is 12.2. The second kappa shape index (κ2) is 7.12. The van der Waals surface area contributed by atoms with E-state index < -0.39 is 0 Å². The predicted molar refractivity (Wildman–Crippen MR) is 89.2 cm³/mol. The van der Waals surface area contributed by atoms with Crippen LogP contribution < -0.4 is 10.1 Å². The minimum absolute atomic E-state index is 0.0138. The summed E-state index contributed by atoms with van der Waals surface area (Å²) in [6, 6.07) is 13.9. The molecule has 3 heteroatoms. The summed E-state index contributed by atoms with van der Waals surface area (Å²) in [6.07, 6.45) is 0.388. The molecule has 1 unspecified atom stereocenters. The number of amides is 1. The van der Waals surface area contributed by atoms with Crippen molar-refractivity contribution in [2.45, 2.75) is 33.2 Å². The largest absolute Gasteiger partial charge is 0.496 e. The molecular weight excluding hydrogens is 274 g/mol. The Hall–Kier alpha value is -2.29. The van der Waals surface area contributed by atoms with Gasteiger partial charge < -0.3 is 10.1 Å². The quantitative estimate of drug-likeness (QED) is 0.913. The van der Waals surface area contributed by atoms with Gasteiger partial charge in [-0.25, -0.2) is 0 Å². The molecule has 0 saturated heterocycles. The van der Waals surface area contributed by atoms with Crippen LogP contribution in [0.4, 0.5) is 0 Å². The van der Waals surface area contributed by atoms with Gasteiger partial charge in [-0.1, -0.05) is 47.5 Å². The molecule has 2 aromatic carbocycles. The summed E-state index contributed by atoms with van der Waals surface area (Å²) >= 11 is 0. The van der Waals surface area contributed by atoms with Crippen molar-refractivity contribution in [3.05, 3.63) is 64.7 Å². The fraction of sp³-hybridized carbons (Fsp3) is 0.316. The molecule has 1 atom stereocenters. The number of benzene rings is 2. The van der Waals surface area contributed by atoms with Crippen molar-refractivity contribution in [2.75, 3.05) is 7.11 Å². The minimum atomic E-state index is -0.0900. The average Bonchev–Trinajstić information content (AvgIpc) is 2.49. The van der Waals surface area contributed by atoms with Crippen LogP contribution in [0.1, 0.15) is 35.2 Å². The molecule has 0 aliphatic heterocycles. The number of rotatable bonds is 5. The van der Waals surface area contributed by atoms with Gasteiger partial charge in [0.25, 0.3) is 0 Å². The van der Waals surface area contributed by atoms with Gasteiger partial charge in [-0.05, 0) is 32.4 Å². The summed E-state index contributed by atoms with van der Waals surface area (Å²) < 4.78 is 5.38. The Morgan fingerprint density at radius 1 is 1.09 bits per heavy atom. The number of carbonyl (C=O) groups excluding carboxylic acids is 1. The molecule has 2 aromatic rings. The Balaban J connectivity index is 2.05. The normalized spacial score (nSPS) is 11.8. The van der Waals surface area contributed by atoms with Crippen LogP contribution in [0, 0.1) is 13.8 Å². The van der Waals surface area contributed by atoms with E-state index in [0.717, 1.165) is 22.4 Å². The smallest absolute Gasteiger partial charge is 0.224 e.